The maximum Gasteiger partial charge on any atom is 0.253 e. The largest absolute Gasteiger partial charge is 0.457 e. The Labute approximate surface area is 155 Å². The molecule has 0 saturated heterocycles. The number of pyridine rings is 1. The quantitative estimate of drug-likeness (QED) is 0.576. The van der Waals surface area contributed by atoms with E-state index in [1.54, 1.807) is 6.20 Å². The molecule has 1 aliphatic rings. The third kappa shape index (κ3) is 2.93. The second-order valence-electron chi connectivity index (χ2n) is 6.57. The summed E-state index contributed by atoms with van der Waals surface area (Å²) < 4.78 is 5.81. The molecule has 1 amide bonds. The molecule has 5 heteroatoms. The van der Waals surface area contributed by atoms with Crippen LogP contribution < -0.4 is 5.32 Å². The first-order valence-electron chi connectivity index (χ1n) is 8.89. The number of hydrogen-bond acceptors (Lipinski definition) is 3. The van der Waals surface area contributed by atoms with Crippen LogP contribution in [-0.4, -0.2) is 22.4 Å². The number of para-hydroxylation sites is 1. The molecule has 0 bridgehead atoms. The Hall–Kier alpha value is -3.60. The van der Waals surface area contributed by atoms with Gasteiger partial charge in [0.1, 0.15) is 11.3 Å². The number of benzene rings is 1. The van der Waals surface area contributed by atoms with Gasteiger partial charge in [0.25, 0.3) is 5.91 Å². The summed E-state index contributed by atoms with van der Waals surface area (Å²) in [5.74, 6) is 0.772. The number of furan rings is 1. The Morgan fingerprint density at radius 2 is 2.00 bits per heavy atom. The average Bonchev–Trinajstić information content (AvgIpc) is 3.31. The molecule has 0 spiro atoms. The summed E-state index contributed by atoms with van der Waals surface area (Å²) >= 11 is 0. The number of fused-ring (bicyclic) bond motifs is 2. The van der Waals surface area contributed by atoms with Crippen molar-refractivity contribution in [1.82, 2.24) is 15.3 Å². The van der Waals surface area contributed by atoms with E-state index in [0.717, 1.165) is 51.4 Å². The van der Waals surface area contributed by atoms with Crippen molar-refractivity contribution in [2.45, 2.75) is 6.42 Å². The predicted molar refractivity (Wildman–Crippen MR) is 105 cm³/mol. The molecule has 2 N–H and O–H groups in total. The molecular formula is C22H17N3O2. The molecule has 1 aliphatic heterocycles. The lowest BCUT2D eigenvalue weighted by Gasteiger charge is -2.10. The minimum absolute atomic E-state index is 0.0159. The molecule has 1 aromatic carbocycles. The molecule has 5 nitrogen and oxygen atoms in total. The second-order valence-corrected chi connectivity index (χ2v) is 6.57. The zero-order valence-electron chi connectivity index (χ0n) is 14.5. The molecule has 0 unspecified atom stereocenters. The topological polar surface area (TPSA) is 70.9 Å². The Kier molecular flexibility index (Phi) is 3.64. The lowest BCUT2D eigenvalue weighted by molar-refractivity contribution is 0.0946. The summed E-state index contributed by atoms with van der Waals surface area (Å²) in [7, 11) is 0. The van der Waals surface area contributed by atoms with Gasteiger partial charge in [-0.25, -0.2) is 0 Å². The molecule has 3 aromatic heterocycles. The van der Waals surface area contributed by atoms with Crippen LogP contribution in [-0.2, 0) is 6.42 Å². The van der Waals surface area contributed by atoms with Gasteiger partial charge in [-0.2, -0.15) is 0 Å². The molecular weight excluding hydrogens is 338 g/mol. The van der Waals surface area contributed by atoms with Gasteiger partial charge in [-0.3, -0.25) is 9.78 Å². The van der Waals surface area contributed by atoms with Crippen molar-refractivity contribution in [3.8, 4) is 11.3 Å². The predicted octanol–water partition coefficient (Wildman–Crippen LogP) is 4.28. The fraction of sp³-hybridized carbons (Fsp3) is 0.0909. The molecule has 0 aliphatic carbocycles. The van der Waals surface area contributed by atoms with Crippen molar-refractivity contribution in [3.05, 3.63) is 77.4 Å². The molecule has 0 saturated carbocycles. The highest BCUT2D eigenvalue weighted by molar-refractivity contribution is 5.97. The summed E-state index contributed by atoms with van der Waals surface area (Å²) in [6, 6.07) is 15.8. The van der Waals surface area contributed by atoms with Crippen LogP contribution in [0.4, 0.5) is 0 Å². The molecule has 27 heavy (non-hydrogen) atoms. The van der Waals surface area contributed by atoms with Crippen LogP contribution in [0.15, 0.2) is 59.1 Å². The first-order valence-corrected chi connectivity index (χ1v) is 8.89. The van der Waals surface area contributed by atoms with Crippen molar-refractivity contribution >= 4 is 29.0 Å². The monoisotopic (exact) mass is 355 g/mol. The van der Waals surface area contributed by atoms with Crippen molar-refractivity contribution < 1.29 is 9.21 Å². The molecule has 0 fully saturated rings. The lowest BCUT2D eigenvalue weighted by Crippen LogP contribution is -2.31. The zero-order chi connectivity index (χ0) is 18.2. The van der Waals surface area contributed by atoms with Gasteiger partial charge in [-0.15, -0.1) is 0 Å². The number of aromatic amines is 1. The van der Waals surface area contributed by atoms with Crippen LogP contribution in [0.1, 0.15) is 27.5 Å². The minimum Gasteiger partial charge on any atom is -0.457 e. The fourth-order valence-electron chi connectivity index (χ4n) is 3.41. The van der Waals surface area contributed by atoms with Crippen LogP contribution in [0.3, 0.4) is 0 Å². The summed E-state index contributed by atoms with van der Waals surface area (Å²) in [5, 5.41) is 3.95. The molecule has 5 rings (SSSR count). The Balaban J connectivity index is 1.44. The van der Waals surface area contributed by atoms with Crippen molar-refractivity contribution in [3.63, 3.8) is 0 Å². The van der Waals surface area contributed by atoms with E-state index in [1.165, 1.54) is 0 Å². The SMILES string of the molecule is O=C1NCCc2[nH]c(-c3ccnc(/C=C/c4cc5ccccc5o4)c3)cc21. The third-order valence-corrected chi connectivity index (χ3v) is 4.76. The van der Waals surface area contributed by atoms with Crippen LogP contribution in [0.5, 0.6) is 0 Å². The number of aromatic nitrogens is 2. The van der Waals surface area contributed by atoms with Gasteiger partial charge in [0.2, 0.25) is 0 Å². The number of nitrogens with zero attached hydrogens (tertiary/aromatic N) is 1. The number of amides is 1. The Morgan fingerprint density at radius 1 is 1.07 bits per heavy atom. The van der Waals surface area contributed by atoms with Crippen molar-refractivity contribution in [2.75, 3.05) is 6.54 Å². The summed E-state index contributed by atoms with van der Waals surface area (Å²) in [5.41, 5.74) is 5.34. The van der Waals surface area contributed by atoms with E-state index in [1.807, 2.05) is 60.7 Å². The maximum atomic E-state index is 12.0. The number of carbonyl (C=O) groups is 1. The van der Waals surface area contributed by atoms with E-state index in [4.69, 9.17) is 4.42 Å². The van der Waals surface area contributed by atoms with Gasteiger partial charge in [0, 0.05) is 41.5 Å². The standard InChI is InChI=1S/C22H17N3O2/c26-22-18-13-20(25-19(18)8-10-24-22)14-7-9-23-16(11-14)5-6-17-12-15-3-1-2-4-21(15)27-17/h1-7,9,11-13,25H,8,10H2,(H,24,26)/b6-5+. The van der Waals surface area contributed by atoms with Crippen molar-refractivity contribution in [2.24, 2.45) is 0 Å². The van der Waals surface area contributed by atoms with E-state index < -0.39 is 0 Å². The lowest BCUT2D eigenvalue weighted by atomic mass is 10.1. The maximum absolute atomic E-state index is 12.0. The first kappa shape index (κ1) is 15.6. The van der Waals surface area contributed by atoms with Crippen LogP contribution >= 0.6 is 0 Å². The van der Waals surface area contributed by atoms with E-state index >= 15 is 0 Å². The Morgan fingerprint density at radius 3 is 2.89 bits per heavy atom. The minimum atomic E-state index is -0.0159. The molecule has 4 aromatic rings. The average molecular weight is 355 g/mol. The highest BCUT2D eigenvalue weighted by atomic mass is 16.3. The van der Waals surface area contributed by atoms with Crippen LogP contribution in [0, 0.1) is 0 Å². The van der Waals surface area contributed by atoms with Gasteiger partial charge in [0.15, 0.2) is 0 Å². The normalized spacial score (nSPS) is 13.9. The number of rotatable bonds is 3. The third-order valence-electron chi connectivity index (χ3n) is 4.76. The highest BCUT2D eigenvalue weighted by Gasteiger charge is 2.19. The smallest absolute Gasteiger partial charge is 0.253 e. The molecule has 0 atom stereocenters. The molecule has 132 valence electrons. The molecule has 0 radical (unpaired) electrons. The van der Waals surface area contributed by atoms with E-state index in [2.05, 4.69) is 15.3 Å². The van der Waals surface area contributed by atoms with E-state index in [0.29, 0.717) is 6.54 Å². The summed E-state index contributed by atoms with van der Waals surface area (Å²) in [4.78, 5) is 19.7. The second kappa shape index (κ2) is 6.29. The number of hydrogen-bond donors (Lipinski definition) is 2. The summed E-state index contributed by atoms with van der Waals surface area (Å²) in [6.07, 6.45) is 6.44. The number of nitrogens with one attached hydrogen (secondary N) is 2. The van der Waals surface area contributed by atoms with E-state index in [-0.39, 0.29) is 5.91 Å². The number of carbonyl (C=O) groups excluding carboxylic acids is 1. The highest BCUT2D eigenvalue weighted by Crippen LogP contribution is 2.25. The van der Waals surface area contributed by atoms with E-state index in [9.17, 15) is 4.79 Å². The van der Waals surface area contributed by atoms with Crippen LogP contribution in [0.25, 0.3) is 34.4 Å². The summed E-state index contributed by atoms with van der Waals surface area (Å²) in [6.45, 7) is 0.674. The van der Waals surface area contributed by atoms with Gasteiger partial charge in [0.05, 0.1) is 11.3 Å². The van der Waals surface area contributed by atoms with Crippen molar-refractivity contribution in [1.29, 1.82) is 0 Å². The van der Waals surface area contributed by atoms with Gasteiger partial charge in [-0.1, -0.05) is 18.2 Å². The first-order chi connectivity index (χ1) is 13.3. The van der Waals surface area contributed by atoms with Gasteiger partial charge >= 0.3 is 0 Å². The van der Waals surface area contributed by atoms with Gasteiger partial charge in [-0.05, 0) is 42.5 Å². The zero-order valence-corrected chi connectivity index (χ0v) is 14.5. The van der Waals surface area contributed by atoms with Crippen LogP contribution in [0.2, 0.25) is 0 Å². The fourth-order valence-corrected chi connectivity index (χ4v) is 3.41. The van der Waals surface area contributed by atoms with Gasteiger partial charge < -0.3 is 14.7 Å². The molecule has 4 heterocycles. The number of H-pyrrole nitrogens is 1. The Bertz CT molecular complexity index is 1150.